The zero-order valence-electron chi connectivity index (χ0n) is 15.6. The highest BCUT2D eigenvalue weighted by molar-refractivity contribution is 5.63. The molecular formula is C22H31NO2. The lowest BCUT2D eigenvalue weighted by atomic mass is 10.0. The van der Waals surface area contributed by atoms with Gasteiger partial charge in [-0.1, -0.05) is 61.4 Å². The molecule has 0 aliphatic rings. The van der Waals surface area contributed by atoms with Gasteiger partial charge in [0.1, 0.15) is 0 Å². The van der Waals surface area contributed by atoms with Crippen molar-refractivity contribution in [2.75, 3.05) is 27.3 Å². The third kappa shape index (κ3) is 7.39. The van der Waals surface area contributed by atoms with Crippen LogP contribution in [0.15, 0.2) is 48.5 Å². The lowest BCUT2D eigenvalue weighted by molar-refractivity contribution is 0.116. The van der Waals surface area contributed by atoms with E-state index in [1.54, 1.807) is 0 Å². The molecule has 0 saturated carbocycles. The number of hydrogen-bond acceptors (Lipinski definition) is 3. The van der Waals surface area contributed by atoms with Crippen LogP contribution in [0, 0.1) is 0 Å². The summed E-state index contributed by atoms with van der Waals surface area (Å²) >= 11 is 0. The maximum absolute atomic E-state index is 8.74. The highest BCUT2D eigenvalue weighted by Crippen LogP contribution is 2.21. The monoisotopic (exact) mass is 341 g/mol. The third-order valence-corrected chi connectivity index (χ3v) is 4.21. The van der Waals surface area contributed by atoms with Gasteiger partial charge in [0.2, 0.25) is 0 Å². The Kier molecular flexibility index (Phi) is 8.67. The first-order chi connectivity index (χ1) is 12.2. The van der Waals surface area contributed by atoms with Crippen molar-refractivity contribution in [1.29, 1.82) is 0 Å². The number of benzene rings is 2. The molecule has 25 heavy (non-hydrogen) atoms. The zero-order valence-corrected chi connectivity index (χ0v) is 15.6. The summed E-state index contributed by atoms with van der Waals surface area (Å²) in [6.07, 6.45) is 4.18. The van der Waals surface area contributed by atoms with Gasteiger partial charge in [-0.2, -0.15) is 0 Å². The van der Waals surface area contributed by atoms with Crippen LogP contribution in [0.1, 0.15) is 36.8 Å². The van der Waals surface area contributed by atoms with Gasteiger partial charge in [-0.25, -0.2) is 0 Å². The van der Waals surface area contributed by atoms with E-state index in [-0.39, 0.29) is 0 Å². The van der Waals surface area contributed by atoms with Crippen molar-refractivity contribution >= 4 is 0 Å². The standard InChI is InChI=1S/C22H31NO2/c1-23(2)17-19-7-11-21(12-8-19)22-13-9-20(10-14-22)18-25-16-6-4-3-5-15-24/h7-14,24H,3-6,15-18H2,1-2H3. The zero-order chi connectivity index (χ0) is 17.9. The molecule has 0 heterocycles. The van der Waals surface area contributed by atoms with E-state index in [2.05, 4.69) is 67.5 Å². The quantitative estimate of drug-likeness (QED) is 0.612. The van der Waals surface area contributed by atoms with Crippen LogP contribution in [-0.2, 0) is 17.9 Å². The van der Waals surface area contributed by atoms with Gasteiger partial charge in [0.25, 0.3) is 0 Å². The van der Waals surface area contributed by atoms with Gasteiger partial charge in [0.05, 0.1) is 6.61 Å². The molecule has 0 fully saturated rings. The predicted molar refractivity (Wildman–Crippen MR) is 104 cm³/mol. The lowest BCUT2D eigenvalue weighted by Crippen LogP contribution is -2.10. The fourth-order valence-corrected chi connectivity index (χ4v) is 2.82. The highest BCUT2D eigenvalue weighted by Gasteiger charge is 2.01. The molecule has 0 radical (unpaired) electrons. The first kappa shape index (κ1) is 19.6. The van der Waals surface area contributed by atoms with Crippen LogP contribution in [0.25, 0.3) is 11.1 Å². The van der Waals surface area contributed by atoms with Crippen LogP contribution in [0.4, 0.5) is 0 Å². The molecule has 0 aliphatic carbocycles. The Balaban J connectivity index is 1.77. The van der Waals surface area contributed by atoms with Crippen molar-refractivity contribution < 1.29 is 9.84 Å². The Morgan fingerprint density at radius 3 is 1.88 bits per heavy atom. The van der Waals surface area contributed by atoms with Crippen molar-refractivity contribution in [3.8, 4) is 11.1 Å². The minimum Gasteiger partial charge on any atom is -0.396 e. The number of aliphatic hydroxyl groups excluding tert-OH is 1. The molecule has 0 spiro atoms. The molecule has 0 saturated heterocycles. The summed E-state index contributed by atoms with van der Waals surface area (Å²) in [6, 6.07) is 17.4. The van der Waals surface area contributed by atoms with E-state index in [9.17, 15) is 0 Å². The van der Waals surface area contributed by atoms with Crippen LogP contribution in [0.5, 0.6) is 0 Å². The smallest absolute Gasteiger partial charge is 0.0716 e. The molecule has 3 heteroatoms. The molecule has 0 aromatic heterocycles. The summed E-state index contributed by atoms with van der Waals surface area (Å²) in [5.74, 6) is 0. The molecule has 0 bridgehead atoms. The minimum absolute atomic E-state index is 0.297. The van der Waals surface area contributed by atoms with Crippen LogP contribution in [0.3, 0.4) is 0 Å². The van der Waals surface area contributed by atoms with Crippen molar-refractivity contribution in [2.45, 2.75) is 38.8 Å². The van der Waals surface area contributed by atoms with Crippen molar-refractivity contribution in [3.05, 3.63) is 59.7 Å². The molecule has 0 aliphatic heterocycles. The van der Waals surface area contributed by atoms with Crippen LogP contribution in [-0.4, -0.2) is 37.3 Å². The first-order valence-electron chi connectivity index (χ1n) is 9.20. The number of aliphatic hydroxyl groups is 1. The molecule has 2 rings (SSSR count). The summed E-state index contributed by atoms with van der Waals surface area (Å²) in [7, 11) is 4.17. The normalized spacial score (nSPS) is 11.2. The topological polar surface area (TPSA) is 32.7 Å². The van der Waals surface area contributed by atoms with Gasteiger partial charge >= 0.3 is 0 Å². The number of hydrogen-bond donors (Lipinski definition) is 1. The van der Waals surface area contributed by atoms with E-state index < -0.39 is 0 Å². The Bertz CT molecular complexity index is 590. The predicted octanol–water partition coefficient (Wildman–Crippen LogP) is 4.48. The van der Waals surface area contributed by atoms with Gasteiger partial charge in [-0.3, -0.25) is 0 Å². The Morgan fingerprint density at radius 2 is 1.32 bits per heavy atom. The molecule has 2 aromatic carbocycles. The molecule has 2 aromatic rings. The molecule has 0 amide bonds. The molecule has 3 nitrogen and oxygen atoms in total. The van der Waals surface area contributed by atoms with E-state index in [0.717, 1.165) is 38.8 Å². The second-order valence-corrected chi connectivity index (χ2v) is 6.82. The van der Waals surface area contributed by atoms with E-state index in [1.807, 2.05) is 0 Å². The van der Waals surface area contributed by atoms with Gasteiger partial charge in [-0.05, 0) is 49.2 Å². The molecular weight excluding hydrogens is 310 g/mol. The minimum atomic E-state index is 0.297. The average molecular weight is 341 g/mol. The summed E-state index contributed by atoms with van der Waals surface area (Å²) in [5, 5.41) is 8.74. The summed E-state index contributed by atoms with van der Waals surface area (Å²) < 4.78 is 5.73. The highest BCUT2D eigenvalue weighted by atomic mass is 16.5. The van der Waals surface area contributed by atoms with Gasteiger partial charge in [0, 0.05) is 19.8 Å². The molecule has 136 valence electrons. The Labute approximate surface area is 152 Å². The maximum atomic E-state index is 8.74. The van der Waals surface area contributed by atoms with E-state index in [4.69, 9.17) is 9.84 Å². The number of unbranched alkanes of at least 4 members (excludes halogenated alkanes) is 3. The SMILES string of the molecule is CN(C)Cc1ccc(-c2ccc(COCCCCCCO)cc2)cc1. The van der Waals surface area contributed by atoms with E-state index >= 15 is 0 Å². The van der Waals surface area contributed by atoms with E-state index in [0.29, 0.717) is 13.2 Å². The maximum Gasteiger partial charge on any atom is 0.0716 e. The summed E-state index contributed by atoms with van der Waals surface area (Å²) in [5.41, 5.74) is 5.03. The van der Waals surface area contributed by atoms with Crippen LogP contribution < -0.4 is 0 Å². The van der Waals surface area contributed by atoms with Crippen molar-refractivity contribution in [2.24, 2.45) is 0 Å². The van der Waals surface area contributed by atoms with Crippen molar-refractivity contribution in [3.63, 3.8) is 0 Å². The lowest BCUT2D eigenvalue weighted by Gasteiger charge is -2.10. The van der Waals surface area contributed by atoms with Gasteiger partial charge < -0.3 is 14.7 Å². The van der Waals surface area contributed by atoms with Crippen molar-refractivity contribution in [1.82, 2.24) is 4.90 Å². The van der Waals surface area contributed by atoms with Crippen LogP contribution in [0.2, 0.25) is 0 Å². The van der Waals surface area contributed by atoms with Crippen LogP contribution >= 0.6 is 0 Å². The molecule has 0 unspecified atom stereocenters. The number of ether oxygens (including phenoxy) is 1. The second-order valence-electron chi connectivity index (χ2n) is 6.82. The van der Waals surface area contributed by atoms with Gasteiger partial charge in [-0.15, -0.1) is 0 Å². The van der Waals surface area contributed by atoms with E-state index in [1.165, 1.54) is 22.3 Å². The number of rotatable bonds is 11. The second kappa shape index (κ2) is 11.0. The third-order valence-electron chi connectivity index (χ3n) is 4.21. The summed E-state index contributed by atoms with van der Waals surface area (Å²) in [6.45, 7) is 2.73. The largest absolute Gasteiger partial charge is 0.396 e. The van der Waals surface area contributed by atoms with Gasteiger partial charge in [0.15, 0.2) is 0 Å². The Morgan fingerprint density at radius 1 is 0.760 bits per heavy atom. The fraction of sp³-hybridized carbons (Fsp3) is 0.455. The fourth-order valence-electron chi connectivity index (χ4n) is 2.82. The summed E-state index contributed by atoms with van der Waals surface area (Å²) in [4.78, 5) is 2.18. The Hall–Kier alpha value is -1.68. The first-order valence-corrected chi connectivity index (χ1v) is 9.20. The molecule has 0 atom stereocenters. The number of nitrogens with zero attached hydrogens (tertiary/aromatic N) is 1. The average Bonchev–Trinajstić information content (AvgIpc) is 2.62. The molecule has 1 N–H and O–H groups in total.